The molecule has 1 aliphatic heterocycles. The van der Waals surface area contributed by atoms with E-state index in [9.17, 15) is 0 Å². The molecule has 0 radical (unpaired) electrons. The molecule has 0 amide bonds. The van der Waals surface area contributed by atoms with E-state index >= 15 is 0 Å². The van der Waals surface area contributed by atoms with Crippen molar-refractivity contribution < 1.29 is 4.74 Å². The fraction of sp³-hybridized carbons (Fsp3) is 0.611. The maximum Gasteiger partial charge on any atom is 0.0991 e. The Morgan fingerprint density at radius 1 is 1.19 bits per heavy atom. The molecule has 1 aromatic rings. The van der Waals surface area contributed by atoms with Crippen LogP contribution in [0.3, 0.4) is 0 Å². The minimum atomic E-state index is 0.427. The first-order chi connectivity index (χ1) is 10.2. The number of benzene rings is 1. The molecular weight excluding hydrogens is 260 g/mol. The van der Waals surface area contributed by atoms with E-state index < -0.39 is 0 Å². The van der Waals surface area contributed by atoms with E-state index in [1.54, 1.807) is 0 Å². The molecule has 3 nitrogen and oxygen atoms in total. The molecule has 0 spiro atoms. The van der Waals surface area contributed by atoms with Crippen molar-refractivity contribution in [2.75, 3.05) is 13.1 Å². The molecule has 112 valence electrons. The van der Waals surface area contributed by atoms with Gasteiger partial charge in [-0.05, 0) is 56.2 Å². The largest absolute Gasteiger partial charge is 0.373 e. The van der Waals surface area contributed by atoms with E-state index in [0.29, 0.717) is 36.2 Å². The smallest absolute Gasteiger partial charge is 0.0991 e. The van der Waals surface area contributed by atoms with Crippen LogP contribution in [0.4, 0.5) is 0 Å². The van der Waals surface area contributed by atoms with Crippen LogP contribution in [0.25, 0.3) is 0 Å². The van der Waals surface area contributed by atoms with Gasteiger partial charge in [0.25, 0.3) is 0 Å². The molecule has 0 N–H and O–H groups in total. The van der Waals surface area contributed by atoms with Crippen LogP contribution in [0, 0.1) is 23.2 Å². The third-order valence-electron chi connectivity index (χ3n) is 5.03. The normalized spacial score (nSPS) is 28.8. The van der Waals surface area contributed by atoms with Gasteiger partial charge < -0.3 is 9.64 Å². The minimum absolute atomic E-state index is 0.427. The zero-order chi connectivity index (χ0) is 14.8. The fourth-order valence-corrected chi connectivity index (χ4v) is 3.77. The molecule has 1 heterocycles. The Morgan fingerprint density at radius 3 is 2.33 bits per heavy atom. The summed E-state index contributed by atoms with van der Waals surface area (Å²) in [6.45, 7) is 7.62. The molecule has 1 saturated carbocycles. The van der Waals surface area contributed by atoms with Crippen molar-refractivity contribution in [3.8, 4) is 6.07 Å². The van der Waals surface area contributed by atoms with Crippen molar-refractivity contribution in [1.29, 1.82) is 5.26 Å². The first kappa shape index (κ1) is 14.6. The predicted molar refractivity (Wildman–Crippen MR) is 82.7 cm³/mol. The first-order valence-electron chi connectivity index (χ1n) is 8.02. The number of nitriles is 1. The second kappa shape index (κ2) is 6.17. The maximum atomic E-state index is 8.82. The van der Waals surface area contributed by atoms with Gasteiger partial charge in [-0.1, -0.05) is 12.1 Å². The molecule has 21 heavy (non-hydrogen) atoms. The summed E-state index contributed by atoms with van der Waals surface area (Å²) in [5.74, 6) is 1.40. The lowest BCUT2D eigenvalue weighted by atomic mass is 9.94. The Kier molecular flexibility index (Phi) is 4.28. The summed E-state index contributed by atoms with van der Waals surface area (Å²) in [6, 6.07) is 10.5. The molecule has 3 atom stereocenters. The molecular formula is C18H24N2O. The Hall–Kier alpha value is -1.37. The van der Waals surface area contributed by atoms with Gasteiger partial charge >= 0.3 is 0 Å². The fourth-order valence-electron chi connectivity index (χ4n) is 3.77. The highest BCUT2D eigenvalue weighted by atomic mass is 16.5. The van der Waals surface area contributed by atoms with Crippen LogP contribution < -0.4 is 0 Å². The van der Waals surface area contributed by atoms with Crippen molar-refractivity contribution in [2.45, 2.75) is 45.4 Å². The van der Waals surface area contributed by atoms with Gasteiger partial charge in [-0.15, -0.1) is 0 Å². The summed E-state index contributed by atoms with van der Waals surface area (Å²) in [5.41, 5.74) is 1.88. The molecule has 3 heteroatoms. The first-order valence-corrected chi connectivity index (χ1v) is 8.02. The zero-order valence-electron chi connectivity index (χ0n) is 13.0. The Labute approximate surface area is 127 Å². The number of fused-ring (bicyclic) bond motifs is 2. The van der Waals surface area contributed by atoms with Crippen molar-refractivity contribution >= 4 is 0 Å². The summed E-state index contributed by atoms with van der Waals surface area (Å²) >= 11 is 0. The summed E-state index contributed by atoms with van der Waals surface area (Å²) in [6.07, 6.45) is 3.05. The summed E-state index contributed by atoms with van der Waals surface area (Å²) in [4.78, 5) is 2.60. The van der Waals surface area contributed by atoms with E-state index in [-0.39, 0.29) is 0 Å². The molecule has 0 aromatic heterocycles. The van der Waals surface area contributed by atoms with Crippen molar-refractivity contribution in [2.24, 2.45) is 11.8 Å². The van der Waals surface area contributed by atoms with Gasteiger partial charge in [-0.3, -0.25) is 0 Å². The van der Waals surface area contributed by atoms with Crippen molar-refractivity contribution in [1.82, 2.24) is 4.90 Å². The van der Waals surface area contributed by atoms with E-state index in [0.717, 1.165) is 0 Å². The Bertz CT molecular complexity index is 503. The zero-order valence-corrected chi connectivity index (χ0v) is 13.0. The molecule has 2 fully saturated rings. The average molecular weight is 284 g/mol. The van der Waals surface area contributed by atoms with Gasteiger partial charge in [0, 0.05) is 19.1 Å². The molecule has 2 bridgehead atoms. The van der Waals surface area contributed by atoms with Crippen LogP contribution >= 0.6 is 0 Å². The molecule has 1 unspecified atom stereocenters. The number of likely N-dealkylation sites (tertiary alicyclic amines) is 1. The monoisotopic (exact) mass is 284 g/mol. The quantitative estimate of drug-likeness (QED) is 0.852. The number of nitrogens with zero attached hydrogens (tertiary/aromatic N) is 2. The van der Waals surface area contributed by atoms with Crippen LogP contribution in [-0.2, 0) is 11.3 Å². The van der Waals surface area contributed by atoms with Gasteiger partial charge in [-0.25, -0.2) is 0 Å². The number of piperidine rings is 1. The molecule has 2 aliphatic rings. The lowest BCUT2D eigenvalue weighted by Gasteiger charge is -2.40. The highest BCUT2D eigenvalue weighted by Crippen LogP contribution is 2.39. The van der Waals surface area contributed by atoms with Crippen LogP contribution in [-0.4, -0.2) is 30.1 Å². The summed E-state index contributed by atoms with van der Waals surface area (Å²) in [5, 5.41) is 8.82. The SMILES string of the molecule is CC(C)N1C[C@H]2CC[C@@H](C1)C2OCc1ccc(C#N)cc1. The maximum absolute atomic E-state index is 8.82. The van der Waals surface area contributed by atoms with Crippen LogP contribution in [0.2, 0.25) is 0 Å². The highest BCUT2D eigenvalue weighted by molar-refractivity contribution is 5.31. The topological polar surface area (TPSA) is 36.3 Å². The van der Waals surface area contributed by atoms with E-state index in [4.69, 9.17) is 10.00 Å². The Balaban J connectivity index is 1.58. The summed E-state index contributed by atoms with van der Waals surface area (Å²) < 4.78 is 6.25. The number of ether oxygens (including phenoxy) is 1. The van der Waals surface area contributed by atoms with Gasteiger partial charge in [0.05, 0.1) is 24.3 Å². The standard InChI is InChI=1S/C18H24N2O/c1-13(2)20-10-16-7-8-17(11-20)18(16)21-12-15-5-3-14(9-19)4-6-15/h3-6,13,16-18H,7-8,10-12H2,1-2H3/t16-,17+,18?. The second-order valence-corrected chi connectivity index (χ2v) is 6.73. The molecule has 1 aromatic carbocycles. The second-order valence-electron chi connectivity index (χ2n) is 6.73. The number of hydrogen-bond donors (Lipinski definition) is 0. The van der Waals surface area contributed by atoms with Crippen molar-refractivity contribution in [3.63, 3.8) is 0 Å². The predicted octanol–water partition coefficient (Wildman–Crippen LogP) is 3.19. The Morgan fingerprint density at radius 2 is 1.81 bits per heavy atom. The third-order valence-corrected chi connectivity index (χ3v) is 5.03. The highest BCUT2D eigenvalue weighted by Gasteiger charge is 2.43. The van der Waals surface area contributed by atoms with Gasteiger partial charge in [0.1, 0.15) is 0 Å². The lowest BCUT2D eigenvalue weighted by molar-refractivity contribution is -0.0564. The van der Waals surface area contributed by atoms with Crippen LogP contribution in [0.15, 0.2) is 24.3 Å². The van der Waals surface area contributed by atoms with E-state index in [2.05, 4.69) is 24.8 Å². The lowest BCUT2D eigenvalue weighted by Crippen LogP contribution is -2.48. The average Bonchev–Trinajstić information content (AvgIpc) is 2.73. The van der Waals surface area contributed by atoms with E-state index in [1.165, 1.54) is 31.5 Å². The van der Waals surface area contributed by atoms with Gasteiger partial charge in [0.2, 0.25) is 0 Å². The van der Waals surface area contributed by atoms with Gasteiger partial charge in [-0.2, -0.15) is 5.26 Å². The third kappa shape index (κ3) is 3.12. The minimum Gasteiger partial charge on any atom is -0.373 e. The number of hydrogen-bond acceptors (Lipinski definition) is 3. The molecule has 1 aliphatic carbocycles. The molecule has 1 saturated heterocycles. The van der Waals surface area contributed by atoms with Crippen LogP contribution in [0.5, 0.6) is 0 Å². The van der Waals surface area contributed by atoms with Crippen molar-refractivity contribution in [3.05, 3.63) is 35.4 Å². The number of rotatable bonds is 4. The summed E-state index contributed by atoms with van der Waals surface area (Å²) in [7, 11) is 0. The van der Waals surface area contributed by atoms with Gasteiger partial charge in [0.15, 0.2) is 0 Å². The van der Waals surface area contributed by atoms with E-state index in [1.807, 2.05) is 24.3 Å². The van der Waals surface area contributed by atoms with Crippen LogP contribution in [0.1, 0.15) is 37.8 Å². The molecule has 3 rings (SSSR count).